The van der Waals surface area contributed by atoms with E-state index in [-0.39, 0.29) is 17.8 Å². The average molecular weight is 368 g/mol. The van der Waals surface area contributed by atoms with Gasteiger partial charge in [0.1, 0.15) is 5.75 Å². The number of hydrogen-bond acceptors (Lipinski definition) is 5. The molecule has 0 spiro atoms. The molecule has 2 amide bonds. The molecule has 1 heterocycles. The summed E-state index contributed by atoms with van der Waals surface area (Å²) < 4.78 is 5.18. The van der Waals surface area contributed by atoms with Crippen molar-refractivity contribution in [2.45, 2.75) is 13.3 Å². The Balaban J connectivity index is 1.68. The van der Waals surface area contributed by atoms with Gasteiger partial charge in [0.25, 0.3) is 11.1 Å². The third-order valence-corrected chi connectivity index (χ3v) is 4.98. The first-order valence-electron chi connectivity index (χ1n) is 8.33. The summed E-state index contributed by atoms with van der Waals surface area (Å²) in [6, 6.07) is 15.3. The molecule has 134 valence electrons. The van der Waals surface area contributed by atoms with Crippen molar-refractivity contribution in [3.05, 3.63) is 64.6 Å². The lowest BCUT2D eigenvalue weighted by molar-refractivity contribution is -0.122. The third-order valence-electron chi connectivity index (χ3n) is 4.07. The quantitative estimate of drug-likeness (QED) is 0.768. The Kier molecular flexibility index (Phi) is 5.63. The van der Waals surface area contributed by atoms with Gasteiger partial charge in [-0.15, -0.1) is 0 Å². The largest absolute Gasteiger partial charge is 0.497 e. The molecule has 0 unspecified atom stereocenters. The minimum atomic E-state index is -0.291. The summed E-state index contributed by atoms with van der Waals surface area (Å²) in [6.45, 7) is 2.24. The number of imide groups is 1. The van der Waals surface area contributed by atoms with Crippen LogP contribution >= 0.6 is 11.8 Å². The highest BCUT2D eigenvalue weighted by atomic mass is 32.2. The fourth-order valence-electron chi connectivity index (χ4n) is 2.55. The molecule has 2 aromatic carbocycles. The molecule has 1 aliphatic rings. The van der Waals surface area contributed by atoms with E-state index in [2.05, 4.69) is 12.2 Å². The molecule has 5 nitrogen and oxygen atoms in total. The maximum absolute atomic E-state index is 12.5. The lowest BCUT2D eigenvalue weighted by Gasteiger charge is -2.14. The summed E-state index contributed by atoms with van der Waals surface area (Å²) in [5, 5.41) is 2.85. The second-order valence-electron chi connectivity index (χ2n) is 5.77. The van der Waals surface area contributed by atoms with Crippen LogP contribution in [0.15, 0.2) is 53.4 Å². The van der Waals surface area contributed by atoms with E-state index in [1.54, 1.807) is 13.2 Å². The molecule has 1 aliphatic heterocycles. The monoisotopic (exact) mass is 368 g/mol. The third kappa shape index (κ3) is 4.08. The minimum Gasteiger partial charge on any atom is -0.497 e. The number of ether oxygens (including phenoxy) is 1. The van der Waals surface area contributed by atoms with Crippen molar-refractivity contribution in [3.8, 4) is 5.75 Å². The van der Waals surface area contributed by atoms with Crippen molar-refractivity contribution >= 4 is 34.7 Å². The smallest absolute Gasteiger partial charge is 0.295 e. The van der Waals surface area contributed by atoms with E-state index in [0.717, 1.165) is 29.4 Å². The highest BCUT2D eigenvalue weighted by Crippen LogP contribution is 2.32. The van der Waals surface area contributed by atoms with Crippen LogP contribution in [0.3, 0.4) is 0 Å². The zero-order chi connectivity index (χ0) is 18.5. The number of anilines is 1. The van der Waals surface area contributed by atoms with Crippen LogP contribution in [0.4, 0.5) is 10.5 Å². The normalized spacial score (nSPS) is 15.6. The van der Waals surface area contributed by atoms with Crippen molar-refractivity contribution in [1.82, 2.24) is 4.90 Å². The Labute approximate surface area is 157 Å². The molecule has 0 aliphatic carbocycles. The molecule has 1 saturated heterocycles. The van der Waals surface area contributed by atoms with E-state index < -0.39 is 0 Å². The molecule has 2 aromatic rings. The summed E-state index contributed by atoms with van der Waals surface area (Å²) in [4.78, 5) is 26.4. The molecule has 1 N–H and O–H groups in total. The molecule has 0 bridgehead atoms. The second kappa shape index (κ2) is 8.10. The molecule has 26 heavy (non-hydrogen) atoms. The molecular formula is C20H20N2O3S. The molecule has 0 saturated carbocycles. The van der Waals surface area contributed by atoms with E-state index in [1.165, 1.54) is 10.5 Å². The van der Waals surface area contributed by atoms with E-state index in [4.69, 9.17) is 4.74 Å². The Morgan fingerprint density at radius 2 is 1.92 bits per heavy atom. The van der Waals surface area contributed by atoms with Crippen molar-refractivity contribution in [1.29, 1.82) is 0 Å². The number of methoxy groups -OCH3 is 1. The Morgan fingerprint density at radius 3 is 2.62 bits per heavy atom. The van der Waals surface area contributed by atoms with Crippen LogP contribution in [0.2, 0.25) is 0 Å². The molecule has 1 fully saturated rings. The maximum atomic E-state index is 12.5. The van der Waals surface area contributed by atoms with E-state index >= 15 is 0 Å². The van der Waals surface area contributed by atoms with Gasteiger partial charge in [-0.05, 0) is 59.7 Å². The van der Waals surface area contributed by atoms with Crippen molar-refractivity contribution in [3.63, 3.8) is 0 Å². The number of hydrogen-bond donors (Lipinski definition) is 1. The number of benzene rings is 2. The average Bonchev–Trinajstić information content (AvgIpc) is 2.93. The molecule has 6 heteroatoms. The molecule has 0 radical (unpaired) electrons. The molecule has 0 atom stereocenters. The fraction of sp³-hybridized carbons (Fsp3) is 0.200. The summed E-state index contributed by atoms with van der Waals surface area (Å²) >= 11 is 0.949. The lowest BCUT2D eigenvalue weighted by Crippen LogP contribution is -2.33. The van der Waals surface area contributed by atoms with Crippen LogP contribution in [0.25, 0.3) is 6.08 Å². The number of carbonyl (C=O) groups is 2. The summed E-state index contributed by atoms with van der Waals surface area (Å²) in [5.41, 5.74) is 2.93. The van der Waals surface area contributed by atoms with E-state index in [1.807, 2.05) is 48.5 Å². The van der Waals surface area contributed by atoms with Gasteiger partial charge < -0.3 is 10.1 Å². The lowest BCUT2D eigenvalue weighted by atomic mass is 10.1. The summed E-state index contributed by atoms with van der Waals surface area (Å²) in [5.74, 6) is 0.413. The Bertz CT molecular complexity index is 846. The summed E-state index contributed by atoms with van der Waals surface area (Å²) in [7, 11) is 1.59. The van der Waals surface area contributed by atoms with Crippen LogP contribution in [0, 0.1) is 0 Å². The fourth-order valence-corrected chi connectivity index (χ4v) is 3.39. The standard InChI is InChI=1S/C20H20N2O3S/c1-3-14-7-9-16(10-8-14)21-13-22-19(23)18(26-20(22)24)12-15-5-4-6-17(11-15)25-2/h4-12,21H,3,13H2,1-2H3/b18-12+. The number of nitrogens with one attached hydrogen (secondary N) is 1. The maximum Gasteiger partial charge on any atom is 0.295 e. The SMILES string of the molecule is CCc1ccc(NCN2C(=O)S/C(=C/c3cccc(OC)c3)C2=O)cc1. The number of aryl methyl sites for hydroxylation is 1. The van der Waals surface area contributed by atoms with Gasteiger partial charge in [0, 0.05) is 5.69 Å². The number of amides is 2. The topological polar surface area (TPSA) is 58.6 Å². The number of carbonyl (C=O) groups excluding carboxylic acids is 2. The second-order valence-corrected chi connectivity index (χ2v) is 6.76. The minimum absolute atomic E-state index is 0.144. The first kappa shape index (κ1) is 18.1. The molecular weight excluding hydrogens is 348 g/mol. The van der Waals surface area contributed by atoms with Gasteiger partial charge in [0.15, 0.2) is 0 Å². The van der Waals surface area contributed by atoms with Gasteiger partial charge in [0.05, 0.1) is 18.7 Å². The zero-order valence-electron chi connectivity index (χ0n) is 14.7. The van der Waals surface area contributed by atoms with Gasteiger partial charge in [-0.3, -0.25) is 14.5 Å². The van der Waals surface area contributed by atoms with Gasteiger partial charge in [-0.2, -0.15) is 0 Å². The number of nitrogens with zero attached hydrogens (tertiary/aromatic N) is 1. The first-order valence-corrected chi connectivity index (χ1v) is 9.14. The van der Waals surface area contributed by atoms with Gasteiger partial charge in [0.2, 0.25) is 0 Å². The highest BCUT2D eigenvalue weighted by Gasteiger charge is 2.34. The zero-order valence-corrected chi connectivity index (χ0v) is 15.5. The van der Waals surface area contributed by atoms with Crippen molar-refractivity contribution < 1.29 is 14.3 Å². The Hall–Kier alpha value is -2.73. The summed E-state index contributed by atoms with van der Waals surface area (Å²) in [6.07, 6.45) is 2.68. The van der Waals surface area contributed by atoms with Gasteiger partial charge in [-0.25, -0.2) is 0 Å². The molecule has 0 aromatic heterocycles. The van der Waals surface area contributed by atoms with Crippen LogP contribution in [-0.4, -0.2) is 29.8 Å². The van der Waals surface area contributed by atoms with Crippen LogP contribution in [0.5, 0.6) is 5.75 Å². The first-order chi connectivity index (χ1) is 12.6. The van der Waals surface area contributed by atoms with Gasteiger partial charge >= 0.3 is 0 Å². The van der Waals surface area contributed by atoms with Crippen LogP contribution < -0.4 is 10.1 Å². The van der Waals surface area contributed by atoms with Crippen LogP contribution in [0.1, 0.15) is 18.1 Å². The van der Waals surface area contributed by atoms with Crippen molar-refractivity contribution in [2.24, 2.45) is 0 Å². The van der Waals surface area contributed by atoms with E-state index in [0.29, 0.717) is 10.7 Å². The van der Waals surface area contributed by atoms with Gasteiger partial charge in [-0.1, -0.05) is 31.2 Å². The van der Waals surface area contributed by atoms with E-state index in [9.17, 15) is 9.59 Å². The molecule has 3 rings (SSSR count). The Morgan fingerprint density at radius 1 is 1.15 bits per heavy atom. The predicted molar refractivity (Wildman–Crippen MR) is 105 cm³/mol. The van der Waals surface area contributed by atoms with Crippen molar-refractivity contribution in [2.75, 3.05) is 19.1 Å². The predicted octanol–water partition coefficient (Wildman–Crippen LogP) is 4.36. The number of rotatable bonds is 6. The van der Waals surface area contributed by atoms with Crippen LogP contribution in [-0.2, 0) is 11.2 Å². The highest BCUT2D eigenvalue weighted by molar-refractivity contribution is 8.18. The number of thioether (sulfide) groups is 1.